The van der Waals surface area contributed by atoms with Crippen molar-refractivity contribution in [1.29, 1.82) is 0 Å². The van der Waals surface area contributed by atoms with Gasteiger partial charge in [-0.25, -0.2) is 0 Å². The van der Waals surface area contributed by atoms with Crippen molar-refractivity contribution in [2.45, 2.75) is 12.5 Å². The van der Waals surface area contributed by atoms with E-state index in [2.05, 4.69) is 47.2 Å². The topological polar surface area (TPSA) is 37.0 Å². The van der Waals surface area contributed by atoms with Crippen LogP contribution in [0.5, 0.6) is 5.75 Å². The molecule has 1 aliphatic rings. The Balaban J connectivity index is 1.46. The summed E-state index contributed by atoms with van der Waals surface area (Å²) in [5, 5.41) is 4.69. The van der Waals surface area contributed by atoms with Gasteiger partial charge in [0.2, 0.25) is 0 Å². The first-order valence-corrected chi connectivity index (χ1v) is 7.29. The Morgan fingerprint density at radius 3 is 2.95 bits per heavy atom. The highest BCUT2D eigenvalue weighted by atomic mass is 16.5. The van der Waals surface area contributed by atoms with Gasteiger partial charge >= 0.3 is 0 Å². The zero-order valence-corrected chi connectivity index (χ0v) is 11.7. The first-order chi connectivity index (χ1) is 10.4. The molecule has 1 radical (unpaired) electrons. The number of H-pyrrole nitrogens is 1. The Kier molecular flexibility index (Phi) is 3.03. The zero-order chi connectivity index (χ0) is 14.1. The predicted octanol–water partition coefficient (Wildman–Crippen LogP) is 3.98. The number of benzene rings is 2. The van der Waals surface area contributed by atoms with Crippen molar-refractivity contribution in [2.24, 2.45) is 0 Å². The molecule has 0 saturated carbocycles. The van der Waals surface area contributed by atoms with Crippen LogP contribution in [0.3, 0.4) is 0 Å². The van der Waals surface area contributed by atoms with E-state index in [1.165, 1.54) is 16.5 Å². The summed E-state index contributed by atoms with van der Waals surface area (Å²) in [6, 6.07) is 16.5. The third kappa shape index (κ3) is 2.35. The molecule has 2 aromatic carbocycles. The van der Waals surface area contributed by atoms with Crippen LogP contribution in [0.15, 0.2) is 54.7 Å². The van der Waals surface area contributed by atoms with E-state index in [-0.39, 0.29) is 6.10 Å². The summed E-state index contributed by atoms with van der Waals surface area (Å²) in [5.74, 6) is 0.945. The maximum absolute atomic E-state index is 6.04. The minimum atomic E-state index is 0.175. The lowest BCUT2D eigenvalue weighted by Crippen LogP contribution is -2.30. The average Bonchev–Trinajstić information content (AvgIpc) is 2.96. The van der Waals surface area contributed by atoms with Crippen molar-refractivity contribution in [3.8, 4) is 5.75 Å². The summed E-state index contributed by atoms with van der Waals surface area (Å²) in [4.78, 5) is 3.30. The molecule has 2 N–H and O–H groups in total. The molecule has 1 atom stereocenters. The lowest BCUT2D eigenvalue weighted by atomic mass is 10.0. The first-order valence-electron chi connectivity index (χ1n) is 7.29. The summed E-state index contributed by atoms with van der Waals surface area (Å²) >= 11 is 0. The third-order valence-electron chi connectivity index (χ3n) is 3.92. The minimum Gasteiger partial charge on any atom is -0.486 e. The second-order valence-corrected chi connectivity index (χ2v) is 5.35. The molecule has 0 bridgehead atoms. The summed E-state index contributed by atoms with van der Waals surface area (Å²) in [5.41, 5.74) is 3.51. The lowest BCUT2D eigenvalue weighted by Gasteiger charge is -2.27. The van der Waals surface area contributed by atoms with Crippen molar-refractivity contribution in [2.75, 3.05) is 11.9 Å². The fraction of sp³-hybridized carbons (Fsp3) is 0.167. The van der Waals surface area contributed by atoms with Crippen LogP contribution in [-0.2, 0) is 0 Å². The Bertz CT molecular complexity index is 763. The van der Waals surface area contributed by atoms with E-state index in [1.807, 2.05) is 24.3 Å². The van der Waals surface area contributed by atoms with Gasteiger partial charge in [0, 0.05) is 17.1 Å². The number of para-hydroxylation sites is 3. The van der Waals surface area contributed by atoms with Gasteiger partial charge in [0.15, 0.2) is 0 Å². The number of rotatable bonds is 3. The predicted molar refractivity (Wildman–Crippen MR) is 85.7 cm³/mol. The summed E-state index contributed by atoms with van der Waals surface area (Å²) in [6.07, 6.45) is 5.38. The SMILES string of the molecule is [CH](CC1CNc2ccccc2O1)c1c[nH]c2ccccc12. The fourth-order valence-corrected chi connectivity index (χ4v) is 2.81. The normalized spacial score (nSPS) is 17.0. The van der Waals surface area contributed by atoms with Crippen molar-refractivity contribution >= 4 is 16.6 Å². The fourth-order valence-electron chi connectivity index (χ4n) is 2.81. The minimum absolute atomic E-state index is 0.175. The summed E-state index contributed by atoms with van der Waals surface area (Å²) < 4.78 is 6.04. The number of hydrogen-bond donors (Lipinski definition) is 2. The first kappa shape index (κ1) is 12.3. The number of anilines is 1. The van der Waals surface area contributed by atoms with Crippen molar-refractivity contribution in [1.82, 2.24) is 4.98 Å². The second-order valence-electron chi connectivity index (χ2n) is 5.35. The molecule has 1 unspecified atom stereocenters. The Morgan fingerprint density at radius 2 is 1.95 bits per heavy atom. The lowest BCUT2D eigenvalue weighted by molar-refractivity contribution is 0.206. The molecule has 21 heavy (non-hydrogen) atoms. The van der Waals surface area contributed by atoms with Gasteiger partial charge in [0.05, 0.1) is 12.2 Å². The van der Waals surface area contributed by atoms with E-state index in [1.54, 1.807) is 0 Å². The molecular weight excluding hydrogens is 260 g/mol. The third-order valence-corrected chi connectivity index (χ3v) is 3.92. The monoisotopic (exact) mass is 277 g/mol. The van der Waals surface area contributed by atoms with E-state index in [0.717, 1.165) is 24.4 Å². The highest BCUT2D eigenvalue weighted by Gasteiger charge is 2.19. The second kappa shape index (κ2) is 5.17. The van der Waals surface area contributed by atoms with Crippen LogP contribution in [0.4, 0.5) is 5.69 Å². The molecule has 2 heterocycles. The van der Waals surface area contributed by atoms with Crippen LogP contribution >= 0.6 is 0 Å². The van der Waals surface area contributed by atoms with E-state index in [4.69, 9.17) is 4.74 Å². The van der Waals surface area contributed by atoms with Gasteiger partial charge in [0.25, 0.3) is 0 Å². The molecule has 3 heteroatoms. The van der Waals surface area contributed by atoms with Crippen molar-refractivity contribution < 1.29 is 4.74 Å². The standard InChI is InChI=1S/C18H17N2O/c1-2-6-16-15(5-1)13(11-19-16)9-10-14-12-20-17-7-3-4-8-18(17)21-14/h1-9,11,14,19-20H,10,12H2. The molecule has 4 rings (SSSR count). The van der Waals surface area contributed by atoms with Crippen LogP contribution < -0.4 is 10.1 Å². The van der Waals surface area contributed by atoms with E-state index in [9.17, 15) is 0 Å². The summed E-state index contributed by atoms with van der Waals surface area (Å²) in [6.45, 7) is 0.843. The molecule has 0 saturated heterocycles. The average molecular weight is 277 g/mol. The molecule has 1 aliphatic heterocycles. The molecule has 0 fully saturated rings. The van der Waals surface area contributed by atoms with Gasteiger partial charge in [-0.2, -0.15) is 0 Å². The van der Waals surface area contributed by atoms with Gasteiger partial charge in [-0.05, 0) is 36.6 Å². The van der Waals surface area contributed by atoms with Crippen molar-refractivity contribution in [3.05, 3.63) is 66.7 Å². The maximum atomic E-state index is 6.04. The number of ether oxygens (including phenoxy) is 1. The molecule has 0 aliphatic carbocycles. The van der Waals surface area contributed by atoms with Gasteiger partial charge < -0.3 is 15.0 Å². The van der Waals surface area contributed by atoms with E-state index < -0.39 is 0 Å². The quantitative estimate of drug-likeness (QED) is 0.759. The largest absolute Gasteiger partial charge is 0.486 e. The number of aromatic amines is 1. The van der Waals surface area contributed by atoms with Crippen LogP contribution in [-0.4, -0.2) is 17.6 Å². The van der Waals surface area contributed by atoms with Gasteiger partial charge in [-0.1, -0.05) is 30.3 Å². The Morgan fingerprint density at radius 1 is 1.10 bits per heavy atom. The Hall–Kier alpha value is -2.42. The van der Waals surface area contributed by atoms with E-state index >= 15 is 0 Å². The van der Waals surface area contributed by atoms with Gasteiger partial charge in [0.1, 0.15) is 11.9 Å². The molecule has 3 aromatic rings. The van der Waals surface area contributed by atoms with Gasteiger partial charge in [-0.3, -0.25) is 0 Å². The number of nitrogens with one attached hydrogen (secondary N) is 2. The molecule has 3 nitrogen and oxygen atoms in total. The molecule has 105 valence electrons. The maximum Gasteiger partial charge on any atom is 0.142 e. The smallest absolute Gasteiger partial charge is 0.142 e. The summed E-state index contributed by atoms with van der Waals surface area (Å²) in [7, 11) is 0. The zero-order valence-electron chi connectivity index (χ0n) is 11.7. The highest BCUT2D eigenvalue weighted by Crippen LogP contribution is 2.30. The van der Waals surface area contributed by atoms with Crippen molar-refractivity contribution in [3.63, 3.8) is 0 Å². The van der Waals surface area contributed by atoms with Crippen LogP contribution in [0.2, 0.25) is 0 Å². The van der Waals surface area contributed by atoms with Crippen LogP contribution in [0.25, 0.3) is 10.9 Å². The van der Waals surface area contributed by atoms with Gasteiger partial charge in [-0.15, -0.1) is 0 Å². The molecule has 0 spiro atoms. The van der Waals surface area contributed by atoms with Crippen LogP contribution in [0, 0.1) is 6.42 Å². The highest BCUT2D eigenvalue weighted by molar-refractivity contribution is 5.84. The Labute approximate surface area is 123 Å². The molecule has 0 amide bonds. The number of aromatic nitrogens is 1. The molecule has 1 aromatic heterocycles. The van der Waals surface area contributed by atoms with Crippen LogP contribution in [0.1, 0.15) is 12.0 Å². The number of fused-ring (bicyclic) bond motifs is 2. The van der Waals surface area contributed by atoms with E-state index in [0.29, 0.717) is 0 Å². The number of hydrogen-bond acceptors (Lipinski definition) is 2. The molecular formula is C18H17N2O.